The molecule has 7 heteroatoms. The summed E-state index contributed by atoms with van der Waals surface area (Å²) in [7, 11) is 1.62. The third kappa shape index (κ3) is 6.64. The summed E-state index contributed by atoms with van der Waals surface area (Å²) in [4.78, 5) is 8.73. The lowest BCUT2D eigenvalue weighted by atomic mass is 10.1. The van der Waals surface area contributed by atoms with Crippen LogP contribution in [0.5, 0.6) is 5.88 Å². The first kappa shape index (κ1) is 20.7. The van der Waals surface area contributed by atoms with Gasteiger partial charge in [-0.2, -0.15) is 11.3 Å². The molecule has 5 nitrogen and oxygen atoms in total. The van der Waals surface area contributed by atoms with Crippen molar-refractivity contribution < 1.29 is 4.74 Å². The van der Waals surface area contributed by atoms with Gasteiger partial charge in [-0.15, -0.1) is 24.0 Å². The largest absolute Gasteiger partial charge is 0.481 e. The molecule has 2 heterocycles. The normalized spacial score (nSPS) is 12.2. The van der Waals surface area contributed by atoms with Crippen LogP contribution in [0.2, 0.25) is 0 Å². The van der Waals surface area contributed by atoms with Gasteiger partial charge in [0.05, 0.1) is 13.7 Å². The molecule has 0 spiro atoms. The molecule has 0 radical (unpaired) electrons. The van der Waals surface area contributed by atoms with Crippen LogP contribution < -0.4 is 15.4 Å². The fourth-order valence-electron chi connectivity index (χ4n) is 2.10. The van der Waals surface area contributed by atoms with Gasteiger partial charge in [-0.05, 0) is 46.9 Å². The number of hydrogen-bond acceptors (Lipinski definition) is 4. The summed E-state index contributed by atoms with van der Waals surface area (Å²) >= 11 is 1.73. The minimum absolute atomic E-state index is 0. The van der Waals surface area contributed by atoms with Gasteiger partial charge >= 0.3 is 0 Å². The SMILES string of the molecule is CCNC(=NCc1ccnc(OC)c1)NCC(C)c1ccsc1.I. The Morgan fingerprint density at radius 1 is 1.38 bits per heavy atom. The Morgan fingerprint density at radius 2 is 2.21 bits per heavy atom. The molecular weight excluding hydrogens is 435 g/mol. The summed E-state index contributed by atoms with van der Waals surface area (Å²) in [6.45, 7) is 6.54. The van der Waals surface area contributed by atoms with Crippen molar-refractivity contribution in [1.82, 2.24) is 15.6 Å². The topological polar surface area (TPSA) is 58.5 Å². The van der Waals surface area contributed by atoms with Crippen molar-refractivity contribution in [2.75, 3.05) is 20.2 Å². The fraction of sp³-hybridized carbons (Fsp3) is 0.412. The van der Waals surface area contributed by atoms with Crippen molar-refractivity contribution in [2.45, 2.75) is 26.3 Å². The lowest BCUT2D eigenvalue weighted by Crippen LogP contribution is -2.39. The van der Waals surface area contributed by atoms with Crippen molar-refractivity contribution in [3.05, 3.63) is 46.3 Å². The van der Waals surface area contributed by atoms with Crippen molar-refractivity contribution in [2.24, 2.45) is 4.99 Å². The van der Waals surface area contributed by atoms with Crippen molar-refractivity contribution >= 4 is 41.3 Å². The molecule has 1 unspecified atom stereocenters. The number of nitrogens with one attached hydrogen (secondary N) is 2. The molecule has 2 aromatic heterocycles. The number of pyridine rings is 1. The summed E-state index contributed by atoms with van der Waals surface area (Å²) in [6.07, 6.45) is 1.74. The number of ether oxygens (including phenoxy) is 1. The number of aliphatic imine (C=N–C) groups is 1. The van der Waals surface area contributed by atoms with Crippen LogP contribution in [0.15, 0.2) is 40.1 Å². The molecule has 132 valence electrons. The fourth-order valence-corrected chi connectivity index (χ4v) is 2.88. The predicted molar refractivity (Wildman–Crippen MR) is 112 cm³/mol. The first-order valence-electron chi connectivity index (χ1n) is 7.76. The zero-order valence-corrected chi connectivity index (χ0v) is 17.4. The van der Waals surface area contributed by atoms with Crippen molar-refractivity contribution in [1.29, 1.82) is 0 Å². The lowest BCUT2D eigenvalue weighted by molar-refractivity contribution is 0.397. The summed E-state index contributed by atoms with van der Waals surface area (Å²) < 4.78 is 5.14. The van der Waals surface area contributed by atoms with E-state index in [1.165, 1.54) is 5.56 Å². The van der Waals surface area contributed by atoms with Gasteiger partial charge in [0.15, 0.2) is 5.96 Å². The maximum absolute atomic E-state index is 5.14. The van der Waals surface area contributed by atoms with Crippen molar-refractivity contribution in [3.63, 3.8) is 0 Å². The Labute approximate surface area is 165 Å². The van der Waals surface area contributed by atoms with E-state index in [0.29, 0.717) is 18.3 Å². The Bertz CT molecular complexity index is 619. The number of rotatable bonds is 7. The van der Waals surface area contributed by atoms with E-state index in [1.54, 1.807) is 24.6 Å². The molecule has 2 aromatic rings. The van der Waals surface area contributed by atoms with E-state index in [-0.39, 0.29) is 24.0 Å². The van der Waals surface area contributed by atoms with Gasteiger partial charge in [0.25, 0.3) is 0 Å². The number of methoxy groups -OCH3 is 1. The minimum Gasteiger partial charge on any atom is -0.481 e. The second kappa shape index (κ2) is 11.2. The predicted octanol–water partition coefficient (Wildman–Crippen LogP) is 3.63. The average Bonchev–Trinajstić information content (AvgIpc) is 3.12. The number of hydrogen-bond donors (Lipinski definition) is 2. The van der Waals surface area contributed by atoms with Crippen LogP contribution >= 0.6 is 35.3 Å². The highest BCUT2D eigenvalue weighted by Gasteiger charge is 2.07. The van der Waals surface area contributed by atoms with Gasteiger partial charge in [0.1, 0.15) is 0 Å². The molecule has 0 saturated heterocycles. The number of thiophene rings is 1. The Morgan fingerprint density at radius 3 is 2.88 bits per heavy atom. The van der Waals surface area contributed by atoms with Crippen LogP contribution in [-0.2, 0) is 6.54 Å². The van der Waals surface area contributed by atoms with Crippen LogP contribution in [0.4, 0.5) is 0 Å². The highest BCUT2D eigenvalue weighted by molar-refractivity contribution is 14.0. The summed E-state index contributed by atoms with van der Waals surface area (Å²) in [5.41, 5.74) is 2.43. The summed E-state index contributed by atoms with van der Waals surface area (Å²) in [6, 6.07) is 6.02. The molecule has 0 fully saturated rings. The molecular formula is C17H25IN4OS. The number of aromatic nitrogens is 1. The molecule has 0 aliphatic carbocycles. The summed E-state index contributed by atoms with van der Waals surface area (Å²) in [5.74, 6) is 1.89. The Balaban J connectivity index is 0.00000288. The van der Waals surface area contributed by atoms with E-state index in [1.807, 2.05) is 12.1 Å². The second-order valence-corrected chi connectivity index (χ2v) is 6.02. The molecule has 0 aliphatic rings. The third-order valence-corrected chi connectivity index (χ3v) is 4.16. The van der Waals surface area contributed by atoms with Crippen LogP contribution in [-0.4, -0.2) is 31.1 Å². The maximum atomic E-state index is 5.14. The first-order chi connectivity index (χ1) is 11.2. The van der Waals surface area contributed by atoms with Gasteiger partial charge in [-0.3, -0.25) is 0 Å². The highest BCUT2D eigenvalue weighted by atomic mass is 127. The quantitative estimate of drug-likeness (QED) is 0.377. The monoisotopic (exact) mass is 460 g/mol. The molecule has 0 aliphatic heterocycles. The molecule has 0 amide bonds. The minimum atomic E-state index is 0. The number of nitrogens with zero attached hydrogens (tertiary/aromatic N) is 2. The van der Waals surface area contributed by atoms with Crippen LogP contribution in [0.1, 0.15) is 30.9 Å². The number of halogens is 1. The van der Waals surface area contributed by atoms with Gasteiger partial charge in [-0.1, -0.05) is 6.92 Å². The molecule has 0 bridgehead atoms. The van der Waals surface area contributed by atoms with E-state index < -0.39 is 0 Å². The molecule has 0 saturated carbocycles. The maximum Gasteiger partial charge on any atom is 0.213 e. The van der Waals surface area contributed by atoms with E-state index in [4.69, 9.17) is 4.74 Å². The molecule has 1 atom stereocenters. The van der Waals surface area contributed by atoms with Crippen LogP contribution in [0.25, 0.3) is 0 Å². The van der Waals surface area contributed by atoms with E-state index in [9.17, 15) is 0 Å². The van der Waals surface area contributed by atoms with Crippen LogP contribution in [0, 0.1) is 0 Å². The first-order valence-corrected chi connectivity index (χ1v) is 8.70. The van der Waals surface area contributed by atoms with Gasteiger partial charge in [0, 0.05) is 25.4 Å². The van der Waals surface area contributed by atoms with E-state index in [2.05, 4.69) is 51.3 Å². The van der Waals surface area contributed by atoms with Gasteiger partial charge < -0.3 is 15.4 Å². The Hall–Kier alpha value is -1.35. The van der Waals surface area contributed by atoms with E-state index >= 15 is 0 Å². The van der Waals surface area contributed by atoms with Gasteiger partial charge in [-0.25, -0.2) is 9.98 Å². The zero-order valence-electron chi connectivity index (χ0n) is 14.3. The van der Waals surface area contributed by atoms with Crippen LogP contribution in [0.3, 0.4) is 0 Å². The molecule has 2 N–H and O–H groups in total. The molecule has 24 heavy (non-hydrogen) atoms. The number of guanidine groups is 1. The zero-order chi connectivity index (χ0) is 16.5. The second-order valence-electron chi connectivity index (χ2n) is 5.24. The third-order valence-electron chi connectivity index (χ3n) is 3.46. The lowest BCUT2D eigenvalue weighted by Gasteiger charge is -2.15. The highest BCUT2D eigenvalue weighted by Crippen LogP contribution is 2.17. The summed E-state index contributed by atoms with van der Waals surface area (Å²) in [5, 5.41) is 11.0. The van der Waals surface area contributed by atoms with E-state index in [0.717, 1.165) is 24.6 Å². The molecule has 0 aromatic carbocycles. The molecule has 2 rings (SSSR count). The standard InChI is InChI=1S/C17H24N4OS.HI/c1-4-18-17(20-10-13(2)15-6-8-23-12-15)21-11-14-5-7-19-16(9-14)22-3;/h5-9,12-13H,4,10-11H2,1-3H3,(H2,18,20,21);1H. The Kier molecular flexibility index (Phi) is 9.70. The van der Waals surface area contributed by atoms with Crippen molar-refractivity contribution in [3.8, 4) is 5.88 Å². The average molecular weight is 460 g/mol. The smallest absolute Gasteiger partial charge is 0.213 e. The van der Waals surface area contributed by atoms with Gasteiger partial charge in [0.2, 0.25) is 5.88 Å².